The van der Waals surface area contributed by atoms with E-state index in [2.05, 4.69) is 89.6 Å². The Morgan fingerprint density at radius 3 is 2.05 bits per heavy atom. The molecule has 0 aliphatic heterocycles. The highest BCUT2D eigenvalue weighted by Crippen LogP contribution is 2.41. The molecule has 2 nitrogen and oxygen atoms in total. The molecule has 0 aliphatic rings. The summed E-state index contributed by atoms with van der Waals surface area (Å²) in [6.45, 7) is 30.3. The molecule has 1 aromatic carbocycles. The minimum atomic E-state index is 0.167. The Labute approximate surface area is 237 Å². The minimum Gasteiger partial charge on any atom is -0.335 e. The molecule has 0 fully saturated rings. The van der Waals surface area contributed by atoms with Gasteiger partial charge in [0.05, 0.1) is 5.03 Å². The van der Waals surface area contributed by atoms with Crippen LogP contribution in [-0.2, 0) is 17.8 Å². The number of aryl methyl sites for hydroxylation is 1. The lowest BCUT2D eigenvalue weighted by atomic mass is 9.99. The van der Waals surface area contributed by atoms with E-state index in [1.165, 1.54) is 51.7 Å². The van der Waals surface area contributed by atoms with Gasteiger partial charge in [0, 0.05) is 22.2 Å². The van der Waals surface area contributed by atoms with E-state index in [9.17, 15) is 4.79 Å². The van der Waals surface area contributed by atoms with Crippen LogP contribution in [0.5, 0.6) is 0 Å². The molecule has 0 amide bonds. The number of hydrogen-bond donors (Lipinski definition) is 0. The number of allylic oxidation sites excluding steroid dienone is 6. The molecule has 0 atom stereocenters. The highest BCUT2D eigenvalue weighted by Gasteiger charge is 2.22. The molecule has 0 aliphatic carbocycles. The summed E-state index contributed by atoms with van der Waals surface area (Å²) in [6.07, 6.45) is 11.0. The van der Waals surface area contributed by atoms with Crippen molar-refractivity contribution in [1.29, 1.82) is 0 Å². The van der Waals surface area contributed by atoms with Gasteiger partial charge in [0.15, 0.2) is 0 Å². The number of carbonyl (C=O) groups is 1. The van der Waals surface area contributed by atoms with Crippen LogP contribution in [0.25, 0.3) is 0 Å². The van der Waals surface area contributed by atoms with Crippen LogP contribution in [0.2, 0.25) is 5.02 Å². The number of carbonyl (C=O) groups excluding carboxylic acids is 1. The number of nitrogens with zero attached hydrogens (tertiary/aromatic N) is 1. The first-order chi connectivity index (χ1) is 17.5. The summed E-state index contributed by atoms with van der Waals surface area (Å²) in [4.78, 5) is 10.6. The van der Waals surface area contributed by atoms with Gasteiger partial charge in [0.25, 0.3) is 0 Å². The van der Waals surface area contributed by atoms with Crippen molar-refractivity contribution in [3.63, 3.8) is 0 Å². The van der Waals surface area contributed by atoms with E-state index < -0.39 is 0 Å². The maximum absolute atomic E-state index is 9.44. The number of hydrogen-bond acceptors (Lipinski definition) is 2. The van der Waals surface area contributed by atoms with Gasteiger partial charge in [0.1, 0.15) is 5.78 Å². The van der Waals surface area contributed by atoms with Crippen molar-refractivity contribution in [3.05, 3.63) is 94.7 Å². The van der Waals surface area contributed by atoms with E-state index in [0.29, 0.717) is 5.92 Å². The molecule has 0 N–H and O–H groups in total. The van der Waals surface area contributed by atoms with Crippen LogP contribution in [0.1, 0.15) is 90.6 Å². The summed E-state index contributed by atoms with van der Waals surface area (Å²) in [7, 11) is 0. The molecule has 37 heavy (non-hydrogen) atoms. The lowest BCUT2D eigenvalue weighted by molar-refractivity contribution is -0.114. The van der Waals surface area contributed by atoms with Gasteiger partial charge in [-0.25, -0.2) is 0 Å². The molecular weight excluding hydrogens is 494 g/mol. The van der Waals surface area contributed by atoms with Crippen molar-refractivity contribution in [3.8, 4) is 0 Å². The van der Waals surface area contributed by atoms with Gasteiger partial charge in [-0.05, 0) is 94.3 Å². The second kappa shape index (κ2) is 20.8. The molecular formula is C33H50ClNOS. The van der Waals surface area contributed by atoms with Crippen molar-refractivity contribution < 1.29 is 4.79 Å². The highest BCUT2D eigenvalue weighted by molar-refractivity contribution is 7.99. The third-order valence-electron chi connectivity index (χ3n) is 4.86. The molecule has 1 heterocycles. The Balaban J connectivity index is 0. The minimum absolute atomic E-state index is 0.167. The first kappa shape index (κ1) is 36.9. The monoisotopic (exact) mass is 543 g/mol. The van der Waals surface area contributed by atoms with Gasteiger partial charge in [-0.3, -0.25) is 0 Å². The average molecular weight is 544 g/mol. The lowest BCUT2D eigenvalue weighted by Crippen LogP contribution is -2.04. The third kappa shape index (κ3) is 13.8. The van der Waals surface area contributed by atoms with E-state index in [1.807, 2.05) is 44.7 Å². The quantitative estimate of drug-likeness (QED) is 0.244. The van der Waals surface area contributed by atoms with Crippen molar-refractivity contribution in [1.82, 2.24) is 4.57 Å². The van der Waals surface area contributed by atoms with Gasteiger partial charge in [-0.2, -0.15) is 0 Å². The zero-order chi connectivity index (χ0) is 29.1. The van der Waals surface area contributed by atoms with E-state index in [4.69, 9.17) is 11.6 Å². The largest absolute Gasteiger partial charge is 0.335 e. The Hall–Kier alpha value is -2.23. The Bertz CT molecular complexity index is 1020. The third-order valence-corrected chi connectivity index (χ3v) is 6.18. The van der Waals surface area contributed by atoms with Gasteiger partial charge in [-0.15, -0.1) is 6.58 Å². The molecule has 0 spiro atoms. The first-order valence-electron chi connectivity index (χ1n) is 13.1. The summed E-state index contributed by atoms with van der Waals surface area (Å²) < 4.78 is 2.46. The number of benzene rings is 1. The normalized spacial score (nSPS) is 10.6. The molecule has 0 radical (unpaired) electrons. The standard InChI is InChI=1S/C25H32ClNS.C3H6O.C3H6.C2H6/c1-8-11-20(12-9-2)16-27-19(7)23(10-3)24(17(4)5)25(27)28-22-14-18(6)13-21(26)15-22;1-3(2)4;1-3-2;1-2/h8-9,11-15,17H,1,10,16H2,2-7H3;1-2H3;3H,1H2,2H3;1-2H3/b12-9-,20-11+;;;. The summed E-state index contributed by atoms with van der Waals surface area (Å²) in [5.41, 5.74) is 6.72. The van der Waals surface area contributed by atoms with E-state index in [1.54, 1.807) is 6.08 Å². The van der Waals surface area contributed by atoms with Gasteiger partial charge >= 0.3 is 0 Å². The fourth-order valence-electron chi connectivity index (χ4n) is 3.71. The maximum Gasteiger partial charge on any atom is 0.126 e. The second-order valence-corrected chi connectivity index (χ2v) is 10.2. The Morgan fingerprint density at radius 1 is 1.11 bits per heavy atom. The van der Waals surface area contributed by atoms with Crippen molar-refractivity contribution >= 4 is 29.1 Å². The van der Waals surface area contributed by atoms with Crippen LogP contribution < -0.4 is 0 Å². The zero-order valence-electron chi connectivity index (χ0n) is 25.2. The molecule has 0 bridgehead atoms. The van der Waals surface area contributed by atoms with Gasteiger partial charge < -0.3 is 9.36 Å². The van der Waals surface area contributed by atoms with Crippen molar-refractivity contribution in [2.45, 2.75) is 105 Å². The predicted molar refractivity (Wildman–Crippen MR) is 170 cm³/mol. The molecule has 0 saturated heterocycles. The van der Waals surface area contributed by atoms with Gasteiger partial charge in [0.2, 0.25) is 0 Å². The number of ketones is 1. The smallest absolute Gasteiger partial charge is 0.126 e. The van der Waals surface area contributed by atoms with Crippen LogP contribution in [-0.4, -0.2) is 10.4 Å². The number of aromatic nitrogens is 1. The lowest BCUT2D eigenvalue weighted by Gasteiger charge is -2.15. The SMILES string of the molecule is C=C/C=C(\C=C/C)Cn1c(C)c(CC)c(C(C)C)c1Sc1cc(C)cc(Cl)c1.C=CC.CC.CC(C)=O. The van der Waals surface area contributed by atoms with Crippen LogP contribution in [0.15, 0.2) is 77.2 Å². The summed E-state index contributed by atoms with van der Waals surface area (Å²) in [5, 5.41) is 2.12. The fraction of sp³-hybridized carbons (Fsp3) is 0.424. The molecule has 4 heteroatoms. The topological polar surface area (TPSA) is 22.0 Å². The first-order valence-corrected chi connectivity index (χ1v) is 14.3. The molecule has 0 unspecified atom stereocenters. The number of rotatable bonds is 8. The Morgan fingerprint density at radius 2 is 1.65 bits per heavy atom. The number of halogens is 1. The molecule has 206 valence electrons. The molecule has 0 saturated carbocycles. The second-order valence-electron chi connectivity index (χ2n) is 8.74. The van der Waals surface area contributed by atoms with E-state index >= 15 is 0 Å². The average Bonchev–Trinajstić information content (AvgIpc) is 3.06. The molecule has 2 rings (SSSR count). The summed E-state index contributed by atoms with van der Waals surface area (Å²) in [6, 6.07) is 6.28. The zero-order valence-corrected chi connectivity index (χ0v) is 26.7. The predicted octanol–water partition coefficient (Wildman–Crippen LogP) is 11.1. The van der Waals surface area contributed by atoms with Crippen LogP contribution in [0.4, 0.5) is 0 Å². The molecule has 1 aromatic heterocycles. The van der Waals surface area contributed by atoms with Crippen molar-refractivity contribution in [2.75, 3.05) is 0 Å². The summed E-state index contributed by atoms with van der Waals surface area (Å²) in [5.74, 6) is 0.631. The molecule has 2 aromatic rings. The summed E-state index contributed by atoms with van der Waals surface area (Å²) >= 11 is 8.17. The van der Waals surface area contributed by atoms with Crippen molar-refractivity contribution in [2.24, 2.45) is 0 Å². The van der Waals surface area contributed by atoms with Gasteiger partial charge in [-0.1, -0.05) is 94.9 Å². The van der Waals surface area contributed by atoms with E-state index in [-0.39, 0.29) is 5.78 Å². The van der Waals surface area contributed by atoms with Crippen LogP contribution >= 0.6 is 23.4 Å². The van der Waals surface area contributed by atoms with Crippen LogP contribution in [0.3, 0.4) is 0 Å². The number of Topliss-reactive ketones (excluding diaryl/α,β-unsaturated/α-hetero) is 1. The fourth-order valence-corrected chi connectivity index (χ4v) is 5.50. The maximum atomic E-state index is 9.44. The Kier molecular flexibility index (Phi) is 20.7. The van der Waals surface area contributed by atoms with E-state index in [0.717, 1.165) is 18.0 Å². The highest BCUT2D eigenvalue weighted by atomic mass is 35.5. The van der Waals surface area contributed by atoms with Crippen LogP contribution in [0, 0.1) is 13.8 Å².